The Labute approximate surface area is 114 Å². The van der Waals surface area contributed by atoms with Crippen LogP contribution in [0.2, 0.25) is 0 Å². The molecule has 1 aliphatic heterocycles. The smallest absolute Gasteiger partial charge is 0.185 e. The van der Waals surface area contributed by atoms with Gasteiger partial charge in [-0.05, 0) is 0 Å². The summed E-state index contributed by atoms with van der Waals surface area (Å²) in [4.78, 5) is 7.82. The first kappa shape index (κ1) is 14.0. The van der Waals surface area contributed by atoms with Gasteiger partial charge < -0.3 is 10.0 Å². The lowest BCUT2D eigenvalue weighted by Crippen LogP contribution is -2.37. The number of aliphatic hydroxyl groups excluding tert-OH is 1. The fourth-order valence-electron chi connectivity index (χ4n) is 2.00. The van der Waals surface area contributed by atoms with Gasteiger partial charge >= 0.3 is 0 Å². The molecule has 1 aliphatic rings. The minimum absolute atomic E-state index is 0.0457. The van der Waals surface area contributed by atoms with E-state index in [1.165, 1.54) is 0 Å². The van der Waals surface area contributed by atoms with Crippen LogP contribution in [0.4, 0.5) is 5.13 Å². The van der Waals surface area contributed by atoms with Crippen LogP contribution >= 0.6 is 11.3 Å². The molecule has 4 nitrogen and oxygen atoms in total. The standard InChI is InChI=1S/C12H20N2O2S2/c1-12(2,3)10-9(8-15)17-11(13-10)14-4-6-18(16)7-5-14/h15H,4-8H2,1-3H3. The summed E-state index contributed by atoms with van der Waals surface area (Å²) >= 11 is 1.56. The highest BCUT2D eigenvalue weighted by atomic mass is 32.2. The van der Waals surface area contributed by atoms with Gasteiger partial charge in [0.15, 0.2) is 5.13 Å². The van der Waals surface area contributed by atoms with Crippen molar-refractivity contribution in [2.75, 3.05) is 29.5 Å². The molecule has 0 aliphatic carbocycles. The zero-order valence-corrected chi connectivity index (χ0v) is 12.7. The molecule has 1 aromatic heterocycles. The van der Waals surface area contributed by atoms with Gasteiger partial charge in [0.2, 0.25) is 0 Å². The SMILES string of the molecule is CC(C)(C)c1nc(N2CCS(=O)CC2)sc1CO. The molecule has 0 spiro atoms. The quantitative estimate of drug-likeness (QED) is 0.896. The third-order valence-electron chi connectivity index (χ3n) is 2.99. The Morgan fingerprint density at radius 3 is 2.44 bits per heavy atom. The monoisotopic (exact) mass is 288 g/mol. The van der Waals surface area contributed by atoms with Crippen LogP contribution in [0, 0.1) is 0 Å². The van der Waals surface area contributed by atoms with Crippen molar-refractivity contribution < 1.29 is 9.32 Å². The Morgan fingerprint density at radius 2 is 2.00 bits per heavy atom. The van der Waals surface area contributed by atoms with Crippen LogP contribution in [0.5, 0.6) is 0 Å². The summed E-state index contributed by atoms with van der Waals surface area (Å²) in [6, 6.07) is 0. The molecular formula is C12H20N2O2S2. The largest absolute Gasteiger partial charge is 0.391 e. The van der Waals surface area contributed by atoms with Gasteiger partial charge in [-0.25, -0.2) is 4.98 Å². The van der Waals surface area contributed by atoms with E-state index < -0.39 is 10.8 Å². The molecule has 102 valence electrons. The van der Waals surface area contributed by atoms with Crippen LogP contribution < -0.4 is 4.90 Å². The maximum atomic E-state index is 11.4. The Hall–Kier alpha value is -0.460. The lowest BCUT2D eigenvalue weighted by atomic mass is 9.91. The highest BCUT2D eigenvalue weighted by Crippen LogP contribution is 2.34. The van der Waals surface area contributed by atoms with Crippen molar-refractivity contribution in [3.05, 3.63) is 10.6 Å². The summed E-state index contributed by atoms with van der Waals surface area (Å²) < 4.78 is 11.4. The summed E-state index contributed by atoms with van der Waals surface area (Å²) in [5, 5.41) is 10.4. The number of hydrogen-bond acceptors (Lipinski definition) is 5. The Morgan fingerprint density at radius 1 is 1.39 bits per heavy atom. The summed E-state index contributed by atoms with van der Waals surface area (Å²) in [5.74, 6) is 1.44. The van der Waals surface area contributed by atoms with Crippen molar-refractivity contribution in [2.24, 2.45) is 0 Å². The molecule has 0 bridgehead atoms. The van der Waals surface area contributed by atoms with Crippen molar-refractivity contribution >= 4 is 27.3 Å². The third-order valence-corrected chi connectivity index (χ3v) is 5.37. The maximum Gasteiger partial charge on any atom is 0.185 e. The van der Waals surface area contributed by atoms with Crippen LogP contribution in [-0.2, 0) is 22.8 Å². The van der Waals surface area contributed by atoms with E-state index in [0.717, 1.165) is 40.3 Å². The van der Waals surface area contributed by atoms with Gasteiger partial charge in [0.1, 0.15) is 0 Å². The zero-order chi connectivity index (χ0) is 13.3. The molecule has 1 saturated heterocycles. The van der Waals surface area contributed by atoms with E-state index in [2.05, 4.69) is 30.7 Å². The molecule has 6 heteroatoms. The van der Waals surface area contributed by atoms with Crippen LogP contribution in [0.1, 0.15) is 31.3 Å². The molecule has 18 heavy (non-hydrogen) atoms. The van der Waals surface area contributed by atoms with E-state index >= 15 is 0 Å². The number of thiazole rings is 1. The van der Waals surface area contributed by atoms with Crippen LogP contribution in [0.15, 0.2) is 0 Å². The number of aromatic nitrogens is 1. The van der Waals surface area contributed by atoms with E-state index in [-0.39, 0.29) is 12.0 Å². The second-order valence-corrected chi connectivity index (χ2v) is 8.27. The lowest BCUT2D eigenvalue weighted by Gasteiger charge is -2.25. The van der Waals surface area contributed by atoms with Crippen molar-refractivity contribution in [1.29, 1.82) is 0 Å². The predicted molar refractivity (Wildman–Crippen MR) is 76.8 cm³/mol. The summed E-state index contributed by atoms with van der Waals surface area (Å²) in [6.07, 6.45) is 0. The topological polar surface area (TPSA) is 53.4 Å². The lowest BCUT2D eigenvalue weighted by molar-refractivity contribution is 0.282. The molecule has 0 aromatic carbocycles. The number of nitrogens with zero attached hydrogens (tertiary/aromatic N) is 2. The second-order valence-electron chi connectivity index (χ2n) is 5.51. The zero-order valence-electron chi connectivity index (χ0n) is 11.1. The first-order valence-corrected chi connectivity index (χ1v) is 8.43. The van der Waals surface area contributed by atoms with Crippen molar-refractivity contribution in [3.63, 3.8) is 0 Å². The van der Waals surface area contributed by atoms with Gasteiger partial charge in [-0.1, -0.05) is 32.1 Å². The highest BCUT2D eigenvalue weighted by molar-refractivity contribution is 7.85. The molecular weight excluding hydrogens is 268 g/mol. The Kier molecular flexibility index (Phi) is 4.08. The number of hydrogen-bond donors (Lipinski definition) is 1. The number of aliphatic hydroxyl groups is 1. The molecule has 0 unspecified atom stereocenters. The molecule has 0 saturated carbocycles. The van der Waals surface area contributed by atoms with E-state index in [9.17, 15) is 9.32 Å². The van der Waals surface area contributed by atoms with E-state index in [0.29, 0.717) is 0 Å². The van der Waals surface area contributed by atoms with Crippen molar-refractivity contribution in [1.82, 2.24) is 4.98 Å². The molecule has 1 fully saturated rings. The molecule has 1 aromatic rings. The minimum Gasteiger partial charge on any atom is -0.391 e. The van der Waals surface area contributed by atoms with Crippen molar-refractivity contribution in [3.8, 4) is 0 Å². The number of rotatable bonds is 2. The fraction of sp³-hybridized carbons (Fsp3) is 0.750. The first-order chi connectivity index (χ1) is 8.41. The van der Waals surface area contributed by atoms with Gasteiger partial charge in [0.05, 0.1) is 17.2 Å². The Bertz CT molecular complexity index is 441. The van der Waals surface area contributed by atoms with Gasteiger partial charge in [-0.15, -0.1) is 0 Å². The Balaban J connectivity index is 2.24. The van der Waals surface area contributed by atoms with Gasteiger partial charge in [-0.2, -0.15) is 0 Å². The highest BCUT2D eigenvalue weighted by Gasteiger charge is 2.26. The first-order valence-electron chi connectivity index (χ1n) is 6.13. The maximum absolute atomic E-state index is 11.4. The van der Waals surface area contributed by atoms with E-state index in [1.807, 2.05) is 0 Å². The molecule has 2 rings (SSSR count). The summed E-state index contributed by atoms with van der Waals surface area (Å²) in [5.41, 5.74) is 0.933. The van der Waals surface area contributed by atoms with Crippen LogP contribution in [0.25, 0.3) is 0 Å². The average molecular weight is 288 g/mol. The predicted octanol–water partition coefficient (Wildman–Crippen LogP) is 1.50. The number of anilines is 1. The van der Waals surface area contributed by atoms with Gasteiger partial charge in [0.25, 0.3) is 0 Å². The van der Waals surface area contributed by atoms with Crippen molar-refractivity contribution in [2.45, 2.75) is 32.8 Å². The van der Waals surface area contributed by atoms with E-state index in [1.54, 1.807) is 11.3 Å². The third kappa shape index (κ3) is 2.92. The average Bonchev–Trinajstić information content (AvgIpc) is 2.73. The summed E-state index contributed by atoms with van der Waals surface area (Å²) in [6.45, 7) is 7.97. The van der Waals surface area contributed by atoms with Gasteiger partial charge in [-0.3, -0.25) is 4.21 Å². The van der Waals surface area contributed by atoms with Crippen LogP contribution in [0.3, 0.4) is 0 Å². The molecule has 1 N–H and O–H groups in total. The molecule has 0 atom stereocenters. The molecule has 0 radical (unpaired) electrons. The van der Waals surface area contributed by atoms with E-state index in [4.69, 9.17) is 0 Å². The molecule has 0 amide bonds. The normalized spacial score (nSPS) is 18.3. The second kappa shape index (κ2) is 5.27. The fourth-order valence-corrected chi connectivity index (χ4v) is 4.23. The minimum atomic E-state index is -0.666. The molecule has 2 heterocycles. The summed E-state index contributed by atoms with van der Waals surface area (Å²) in [7, 11) is -0.666. The van der Waals surface area contributed by atoms with Gasteiger partial charge in [0, 0.05) is 40.8 Å². The van der Waals surface area contributed by atoms with Crippen LogP contribution in [-0.4, -0.2) is 38.9 Å².